The van der Waals surface area contributed by atoms with Crippen LogP contribution in [0.5, 0.6) is 0 Å². The fourth-order valence-electron chi connectivity index (χ4n) is 10.5. The molecule has 14 aromatic rings. The highest BCUT2D eigenvalue weighted by atomic mass is 79.9. The van der Waals surface area contributed by atoms with Crippen molar-refractivity contribution in [2.24, 2.45) is 0 Å². The Bertz CT molecular complexity index is 5150. The van der Waals surface area contributed by atoms with E-state index in [1.165, 1.54) is 6.20 Å². The van der Waals surface area contributed by atoms with Crippen LogP contribution in [0.4, 0.5) is 5.69 Å². The summed E-state index contributed by atoms with van der Waals surface area (Å²) in [6.45, 7) is 11.4. The molecule has 1 saturated heterocycles. The van der Waals surface area contributed by atoms with Crippen LogP contribution in [0.3, 0.4) is 0 Å². The van der Waals surface area contributed by atoms with Gasteiger partial charge in [-0.05, 0) is 226 Å². The number of anilines is 1. The van der Waals surface area contributed by atoms with Gasteiger partial charge in [-0.3, -0.25) is 44.3 Å². The summed E-state index contributed by atoms with van der Waals surface area (Å²) in [6.07, 6.45) is 19.9. The molecule has 0 atom stereocenters. The van der Waals surface area contributed by atoms with Crippen LogP contribution < -0.4 is 16.7 Å². The zero-order chi connectivity index (χ0) is 74.6. The van der Waals surface area contributed by atoms with Crippen LogP contribution in [-0.4, -0.2) is 93.2 Å². The number of carbonyl (C=O) groups excluding carboxylic acids is 3. The number of carbonyl (C=O) groups is 3. The number of hydrogen-bond donors (Lipinski definition) is 3. The quantitative estimate of drug-likeness (QED) is 0.0472. The molecule has 16 nitrogen and oxygen atoms in total. The van der Waals surface area contributed by atoms with Crippen LogP contribution in [0.1, 0.15) is 72.6 Å². The van der Waals surface area contributed by atoms with Crippen LogP contribution >= 0.6 is 63.7 Å². The molecule has 0 saturated carbocycles. The third-order valence-corrected chi connectivity index (χ3v) is 18.7. The molecular weight excluding hydrogens is 1580 g/mol. The lowest BCUT2D eigenvalue weighted by Crippen LogP contribution is -2.41. The molecule has 0 unspecified atom stereocenters. The predicted molar refractivity (Wildman–Crippen MR) is 435 cm³/mol. The minimum absolute atomic E-state index is 0.0471. The Kier molecular flexibility index (Phi) is 26.8. The van der Waals surface area contributed by atoms with E-state index in [1.54, 1.807) is 106 Å². The Morgan fingerprint density at radius 2 is 0.876 bits per heavy atom. The number of nitrogens with two attached hydrogens (primary N) is 1. The molecule has 1 aliphatic heterocycles. The van der Waals surface area contributed by atoms with Crippen molar-refractivity contribution < 1.29 is 33.7 Å². The molecule has 8 aromatic heterocycles. The Balaban J connectivity index is 0.000000142. The van der Waals surface area contributed by atoms with E-state index < -0.39 is 7.12 Å². The molecule has 0 amide bonds. The molecule has 105 heavy (non-hydrogen) atoms. The molecule has 0 bridgehead atoms. The second-order valence-electron chi connectivity index (χ2n) is 24.9. The predicted octanol–water partition coefficient (Wildman–Crippen LogP) is 18.4. The van der Waals surface area contributed by atoms with Gasteiger partial charge >= 0.3 is 14.2 Å². The van der Waals surface area contributed by atoms with E-state index in [0.29, 0.717) is 27.8 Å². The number of nitrogens with zero attached hydrogens (tertiary/aromatic N) is 8. The number of ketones is 2. The van der Waals surface area contributed by atoms with Crippen molar-refractivity contribution in [3.8, 4) is 67.2 Å². The van der Waals surface area contributed by atoms with Crippen LogP contribution in [0.25, 0.3) is 89.0 Å². The van der Waals surface area contributed by atoms with Crippen LogP contribution in [0.2, 0.25) is 0 Å². The summed E-state index contributed by atoms with van der Waals surface area (Å²) in [6, 6.07) is 68.5. The van der Waals surface area contributed by atoms with Crippen molar-refractivity contribution in [1.29, 1.82) is 0 Å². The zero-order valence-electron chi connectivity index (χ0n) is 57.9. The summed E-state index contributed by atoms with van der Waals surface area (Å²) >= 11 is 13.3. The third-order valence-electron chi connectivity index (χ3n) is 16.8. The van der Waals surface area contributed by atoms with Gasteiger partial charge in [-0.15, -0.1) is 0 Å². The Hall–Kier alpha value is -10.3. The average Bonchev–Trinajstić information content (AvgIpc) is 1.57. The number of Topliss-reactive ketones (excluding diaryl/α,β-unsaturated/α-hetero) is 2. The van der Waals surface area contributed by atoms with Crippen molar-refractivity contribution in [2.45, 2.75) is 52.7 Å². The van der Waals surface area contributed by atoms with Crippen LogP contribution in [-0.2, 0) is 9.31 Å². The number of hydrogen-bond acceptors (Lipinski definition) is 16. The first-order valence-corrected chi connectivity index (χ1v) is 36.1. The third kappa shape index (κ3) is 21.5. The maximum atomic E-state index is 11.8. The topological polar surface area (TPSA) is 239 Å². The van der Waals surface area contributed by atoms with E-state index in [-0.39, 0.29) is 29.9 Å². The molecule has 0 radical (unpaired) electrons. The number of pyridine rings is 8. The van der Waals surface area contributed by atoms with Gasteiger partial charge in [0, 0.05) is 147 Å². The summed E-state index contributed by atoms with van der Waals surface area (Å²) in [5, 5.41) is 19.3. The smallest absolute Gasteiger partial charge is 0.423 e. The Morgan fingerprint density at radius 3 is 1.32 bits per heavy atom. The van der Waals surface area contributed by atoms with Gasteiger partial charge in [0.1, 0.15) is 0 Å². The molecular formula is C83H69B2Br4N9O7. The molecule has 6 aromatic carbocycles. The van der Waals surface area contributed by atoms with Gasteiger partial charge < -0.3 is 25.1 Å². The van der Waals surface area contributed by atoms with Crippen LogP contribution in [0.15, 0.2) is 298 Å². The number of benzene rings is 6. The standard InChI is InChI=1S/C25H16BrN3.C20H21BN2O2.C18H14N2O.C8H6Br2O.C7H6BrNO.C5H6BNO2/c26-23-6-8-24-17(14-23)5-7-25(29-24)22-12-20(18-3-1-9-27-15-18)11-21(13-22)19-4-2-10-28-16-19;1-19(2)20(3,4)25-21(24-19)15-9-11-16-14(13-15)8-10-18(23-16)17-7-5-6-12-22-17;1-13(21)16-8-17(14-4-2-6-19-11-14)10-18(9-16)15-5-3-7-20-12-15;1-5(11)6-2-7(9)4-8(10)3-6;8-6-1-2-7(9)5(3-6)4-10;8-6(9)5-2-1-3-7-4-5/h1-16H;5-13H,1-4H3;2-12H,1H3;2-4H,1H3;1-4H,9H2;1-4,8-9H. The summed E-state index contributed by atoms with van der Waals surface area (Å²) in [4.78, 5) is 67.5. The first-order valence-electron chi connectivity index (χ1n) is 32.9. The first kappa shape index (κ1) is 77.4. The fourth-order valence-corrected chi connectivity index (χ4v) is 12.6. The van der Waals surface area contributed by atoms with E-state index in [0.717, 1.165) is 119 Å². The van der Waals surface area contributed by atoms with E-state index in [9.17, 15) is 14.4 Å². The van der Waals surface area contributed by atoms with Crippen molar-refractivity contribution in [3.05, 3.63) is 315 Å². The molecule has 0 aliphatic carbocycles. The number of halogens is 4. The fraction of sp³-hybridized carbons (Fsp3) is 0.0964. The van der Waals surface area contributed by atoms with Crippen LogP contribution in [0, 0.1) is 0 Å². The summed E-state index contributed by atoms with van der Waals surface area (Å²) < 4.78 is 16.0. The minimum Gasteiger partial charge on any atom is -0.423 e. The molecule has 522 valence electrons. The largest absolute Gasteiger partial charge is 0.494 e. The number of aromatic nitrogens is 8. The van der Waals surface area contributed by atoms with E-state index in [1.807, 2.05) is 116 Å². The maximum absolute atomic E-state index is 11.8. The number of aldehydes is 1. The van der Waals surface area contributed by atoms with Crippen molar-refractivity contribution in [1.82, 2.24) is 39.9 Å². The lowest BCUT2D eigenvalue weighted by Gasteiger charge is -2.32. The first-order chi connectivity index (χ1) is 50.5. The summed E-state index contributed by atoms with van der Waals surface area (Å²) in [5.74, 6) is 0.123. The van der Waals surface area contributed by atoms with E-state index in [4.69, 9.17) is 35.1 Å². The highest BCUT2D eigenvalue weighted by molar-refractivity contribution is 9.11. The number of fused-ring (bicyclic) bond motifs is 2. The van der Waals surface area contributed by atoms with Gasteiger partial charge in [0.05, 0.1) is 39.3 Å². The van der Waals surface area contributed by atoms with E-state index >= 15 is 0 Å². The minimum atomic E-state index is -1.40. The molecule has 1 fully saturated rings. The molecule has 4 N–H and O–H groups in total. The lowest BCUT2D eigenvalue weighted by molar-refractivity contribution is 0.00578. The monoisotopic (exact) mass is 1640 g/mol. The molecule has 1 aliphatic rings. The maximum Gasteiger partial charge on any atom is 0.494 e. The van der Waals surface area contributed by atoms with Gasteiger partial charge in [0.2, 0.25) is 0 Å². The van der Waals surface area contributed by atoms with Gasteiger partial charge in [-0.2, -0.15) is 0 Å². The normalized spacial score (nSPS) is 12.2. The van der Waals surface area contributed by atoms with Gasteiger partial charge in [0.25, 0.3) is 0 Å². The Labute approximate surface area is 643 Å². The molecule has 9 heterocycles. The SMILES string of the molecule is Brc1ccc2nc(-c3cc(-c4cccnc4)cc(-c4cccnc4)c3)ccc2c1.CC(=O)c1cc(-c2cccnc2)cc(-c2cccnc2)c1.CC(=O)c1cc(Br)cc(Br)c1.CC1(C)OB(c2ccc3nc(-c4ccccn4)ccc3c2)OC1(C)C.Nc1ccc(Br)cc1C=O.OB(O)c1cccnc1. The second kappa shape index (κ2) is 36.4. The Morgan fingerprint density at radius 1 is 0.429 bits per heavy atom. The second-order valence-corrected chi connectivity index (χ2v) is 28.5. The van der Waals surface area contributed by atoms with Gasteiger partial charge in [-0.25, -0.2) is 9.97 Å². The van der Waals surface area contributed by atoms with Crippen molar-refractivity contribution in [3.63, 3.8) is 0 Å². The highest BCUT2D eigenvalue weighted by Gasteiger charge is 2.51. The summed E-state index contributed by atoms with van der Waals surface area (Å²) in [5.41, 5.74) is 22.6. The lowest BCUT2D eigenvalue weighted by atomic mass is 9.78. The molecule has 0 spiro atoms. The van der Waals surface area contributed by atoms with Gasteiger partial charge in [0.15, 0.2) is 17.9 Å². The average molecular weight is 1650 g/mol. The van der Waals surface area contributed by atoms with E-state index in [2.05, 4.69) is 188 Å². The zero-order valence-corrected chi connectivity index (χ0v) is 64.2. The molecule has 15 rings (SSSR count). The van der Waals surface area contributed by atoms with Crippen molar-refractivity contribution in [2.75, 3.05) is 5.73 Å². The van der Waals surface area contributed by atoms with Gasteiger partial charge in [-0.1, -0.05) is 124 Å². The highest BCUT2D eigenvalue weighted by Crippen LogP contribution is 2.38. The van der Waals surface area contributed by atoms with Crippen molar-refractivity contribution >= 4 is 134 Å². The summed E-state index contributed by atoms with van der Waals surface area (Å²) in [7, 11) is -1.76. The number of rotatable bonds is 11. The molecule has 22 heteroatoms. The number of nitrogen functional groups attached to an aromatic ring is 1.